The predicted octanol–water partition coefficient (Wildman–Crippen LogP) is 14.9. The molecule has 0 radical (unpaired) electrons. The third kappa shape index (κ3) is 40.1. The molecule has 0 aromatic rings. The van der Waals surface area contributed by atoms with E-state index in [1.807, 2.05) is 0 Å². The van der Waals surface area contributed by atoms with Gasteiger partial charge >= 0.3 is 11.9 Å². The number of hydrogen-bond donors (Lipinski definition) is 1. The minimum Gasteiger partial charge on any atom is -0.481 e. The van der Waals surface area contributed by atoms with Crippen molar-refractivity contribution in [2.45, 2.75) is 219 Å². The molecule has 4 nitrogen and oxygen atoms in total. The van der Waals surface area contributed by atoms with Crippen molar-refractivity contribution in [1.29, 1.82) is 0 Å². The number of carboxylic acid groups (broad SMARTS) is 1. The van der Waals surface area contributed by atoms with Crippen LogP contribution >= 0.6 is 0 Å². The van der Waals surface area contributed by atoms with Crippen molar-refractivity contribution >= 4 is 11.9 Å². The van der Waals surface area contributed by atoms with Gasteiger partial charge in [0.2, 0.25) is 0 Å². The molecule has 0 aliphatic rings. The predicted molar refractivity (Wildman–Crippen MR) is 218 cm³/mol. The van der Waals surface area contributed by atoms with Crippen LogP contribution in [0.25, 0.3) is 0 Å². The summed E-state index contributed by atoms with van der Waals surface area (Å²) in [5.41, 5.74) is 0. The fraction of sp³-hybridized carbons (Fsp3) is 0.739. The van der Waals surface area contributed by atoms with E-state index in [9.17, 15) is 14.7 Å². The van der Waals surface area contributed by atoms with E-state index in [1.54, 1.807) is 0 Å². The van der Waals surface area contributed by atoms with Crippen molar-refractivity contribution in [1.82, 2.24) is 0 Å². The molecular formula is C46H80O4. The number of esters is 1. The molecular weight excluding hydrogens is 617 g/mol. The molecule has 0 heterocycles. The van der Waals surface area contributed by atoms with Crippen LogP contribution in [0.4, 0.5) is 0 Å². The Morgan fingerprint density at radius 3 is 1.28 bits per heavy atom. The van der Waals surface area contributed by atoms with Gasteiger partial charge in [0, 0.05) is 6.42 Å². The van der Waals surface area contributed by atoms with E-state index in [2.05, 4.69) is 74.6 Å². The molecule has 0 saturated carbocycles. The Morgan fingerprint density at radius 2 is 0.860 bits per heavy atom. The van der Waals surface area contributed by atoms with Crippen LogP contribution in [0, 0.1) is 0 Å². The number of hydrogen-bond acceptors (Lipinski definition) is 3. The summed E-state index contributed by atoms with van der Waals surface area (Å²) in [6, 6.07) is 0. The third-order valence-corrected chi connectivity index (χ3v) is 9.24. The second kappa shape index (κ2) is 41.1. The summed E-state index contributed by atoms with van der Waals surface area (Å²) in [5.74, 6) is -1.14. The van der Waals surface area contributed by atoms with Gasteiger partial charge in [-0.05, 0) is 64.2 Å². The molecule has 0 amide bonds. The molecule has 0 saturated heterocycles. The zero-order valence-electron chi connectivity index (χ0n) is 32.9. The highest BCUT2D eigenvalue weighted by Gasteiger charge is 2.17. The summed E-state index contributed by atoms with van der Waals surface area (Å²) < 4.78 is 5.58. The van der Waals surface area contributed by atoms with Crippen LogP contribution in [0.1, 0.15) is 213 Å². The average molecular weight is 697 g/mol. The molecule has 0 aliphatic carbocycles. The van der Waals surface area contributed by atoms with Gasteiger partial charge in [0.1, 0.15) is 6.10 Å². The van der Waals surface area contributed by atoms with Crippen LogP contribution in [-0.4, -0.2) is 23.1 Å². The highest BCUT2D eigenvalue weighted by atomic mass is 16.5. The first-order chi connectivity index (χ1) is 24.6. The van der Waals surface area contributed by atoms with E-state index in [-0.39, 0.29) is 12.4 Å². The maximum Gasteiger partial charge on any atom is 0.307 e. The van der Waals surface area contributed by atoms with Crippen LogP contribution in [0.15, 0.2) is 60.8 Å². The lowest BCUT2D eigenvalue weighted by molar-refractivity contribution is -0.153. The van der Waals surface area contributed by atoms with Gasteiger partial charge in [-0.2, -0.15) is 0 Å². The second-order valence-corrected chi connectivity index (χ2v) is 14.2. The molecule has 288 valence electrons. The zero-order valence-corrected chi connectivity index (χ0v) is 32.9. The highest BCUT2D eigenvalue weighted by Crippen LogP contribution is 2.17. The van der Waals surface area contributed by atoms with Crippen molar-refractivity contribution in [3.8, 4) is 0 Å². The van der Waals surface area contributed by atoms with Gasteiger partial charge < -0.3 is 9.84 Å². The summed E-state index contributed by atoms with van der Waals surface area (Å²) in [6.45, 7) is 4.44. The van der Waals surface area contributed by atoms with E-state index >= 15 is 0 Å². The number of carboxylic acids is 1. The van der Waals surface area contributed by atoms with E-state index < -0.39 is 12.1 Å². The lowest BCUT2D eigenvalue weighted by Gasteiger charge is -2.16. The number of ether oxygens (including phenoxy) is 1. The van der Waals surface area contributed by atoms with Gasteiger partial charge in [-0.1, -0.05) is 197 Å². The Bertz CT molecular complexity index is 881. The van der Waals surface area contributed by atoms with Crippen molar-refractivity contribution < 1.29 is 19.4 Å². The van der Waals surface area contributed by atoms with E-state index in [0.717, 1.165) is 70.6 Å². The fourth-order valence-electron chi connectivity index (χ4n) is 6.17. The highest BCUT2D eigenvalue weighted by molar-refractivity contribution is 5.71. The molecule has 0 rings (SSSR count). The molecule has 1 unspecified atom stereocenters. The standard InChI is InChI=1S/C46H80O4/c1-3-5-7-9-11-13-15-17-19-21-23-25-27-29-31-33-35-37-39-41-44(43-45(47)48)50-46(49)42-40-38-36-34-32-30-28-26-24-22-20-18-16-14-12-10-8-6-4-2/h6,8,12,14,18,20,24,26,30,32,44H,3-5,7,9-11,13,15-17,19,21-23,25,27-29,31,33-43H2,1-2H3,(H,47,48)/b8-6-,14-12-,20-18-,26-24-,32-30-. The van der Waals surface area contributed by atoms with Crippen LogP contribution in [0.5, 0.6) is 0 Å². The van der Waals surface area contributed by atoms with E-state index in [1.165, 1.54) is 109 Å². The molecule has 0 aliphatic heterocycles. The minimum absolute atomic E-state index is 0.0884. The van der Waals surface area contributed by atoms with Gasteiger partial charge in [-0.15, -0.1) is 0 Å². The molecule has 0 bridgehead atoms. The Kier molecular flexibility index (Phi) is 39.1. The second-order valence-electron chi connectivity index (χ2n) is 14.2. The first-order valence-corrected chi connectivity index (χ1v) is 21.3. The summed E-state index contributed by atoms with van der Waals surface area (Å²) >= 11 is 0. The monoisotopic (exact) mass is 697 g/mol. The fourth-order valence-corrected chi connectivity index (χ4v) is 6.17. The number of aliphatic carboxylic acids is 1. The maximum atomic E-state index is 12.4. The summed E-state index contributed by atoms with van der Waals surface area (Å²) in [7, 11) is 0. The normalized spacial score (nSPS) is 12.8. The smallest absolute Gasteiger partial charge is 0.307 e. The average Bonchev–Trinajstić information content (AvgIpc) is 3.10. The summed E-state index contributed by atoms with van der Waals surface area (Å²) in [5, 5.41) is 9.29. The minimum atomic E-state index is -0.891. The zero-order chi connectivity index (χ0) is 36.4. The van der Waals surface area contributed by atoms with Crippen LogP contribution < -0.4 is 0 Å². The van der Waals surface area contributed by atoms with Gasteiger partial charge in [0.25, 0.3) is 0 Å². The summed E-state index contributed by atoms with van der Waals surface area (Å²) in [6.07, 6.45) is 56.8. The Morgan fingerprint density at radius 1 is 0.480 bits per heavy atom. The number of unbranched alkanes of at least 4 members (excludes halogenated alkanes) is 21. The van der Waals surface area contributed by atoms with E-state index in [4.69, 9.17) is 4.74 Å². The molecule has 0 aromatic heterocycles. The van der Waals surface area contributed by atoms with Crippen molar-refractivity contribution in [3.63, 3.8) is 0 Å². The number of rotatable bonds is 38. The van der Waals surface area contributed by atoms with Crippen LogP contribution in [0.2, 0.25) is 0 Å². The molecule has 0 spiro atoms. The third-order valence-electron chi connectivity index (χ3n) is 9.24. The molecule has 1 N–H and O–H groups in total. The van der Waals surface area contributed by atoms with Crippen molar-refractivity contribution in [2.75, 3.05) is 0 Å². The first kappa shape index (κ1) is 47.6. The molecule has 0 aromatic carbocycles. The number of carbonyl (C=O) groups is 2. The summed E-state index contributed by atoms with van der Waals surface area (Å²) in [4.78, 5) is 23.7. The molecule has 1 atom stereocenters. The molecule has 4 heteroatoms. The van der Waals surface area contributed by atoms with Gasteiger partial charge in [0.05, 0.1) is 6.42 Å². The topological polar surface area (TPSA) is 63.6 Å². The Labute approximate surface area is 310 Å². The van der Waals surface area contributed by atoms with Gasteiger partial charge in [-0.25, -0.2) is 0 Å². The first-order valence-electron chi connectivity index (χ1n) is 21.3. The van der Waals surface area contributed by atoms with Gasteiger partial charge in [0.15, 0.2) is 0 Å². The number of allylic oxidation sites excluding steroid dienone is 10. The lowest BCUT2D eigenvalue weighted by atomic mass is 10.0. The molecule has 0 fully saturated rings. The number of carbonyl (C=O) groups excluding carboxylic acids is 1. The largest absolute Gasteiger partial charge is 0.481 e. The Hall–Kier alpha value is -2.36. The molecule has 50 heavy (non-hydrogen) atoms. The van der Waals surface area contributed by atoms with Crippen molar-refractivity contribution in [2.24, 2.45) is 0 Å². The van der Waals surface area contributed by atoms with Crippen LogP contribution in [0.3, 0.4) is 0 Å². The van der Waals surface area contributed by atoms with E-state index in [0.29, 0.717) is 12.8 Å². The van der Waals surface area contributed by atoms with Crippen LogP contribution in [-0.2, 0) is 14.3 Å². The quantitative estimate of drug-likeness (QED) is 0.0396. The van der Waals surface area contributed by atoms with Crippen molar-refractivity contribution in [3.05, 3.63) is 60.8 Å². The Balaban J connectivity index is 3.70. The van der Waals surface area contributed by atoms with Gasteiger partial charge in [-0.3, -0.25) is 9.59 Å². The maximum absolute atomic E-state index is 12.4. The lowest BCUT2D eigenvalue weighted by Crippen LogP contribution is -2.21. The SMILES string of the molecule is CC/C=C\C/C=C\C/C=C\C/C=C\C/C=C\CCCCCC(=O)OC(CCCCCCCCCCCCCCCCCCCCC)CC(=O)O.